The maximum absolute atomic E-state index is 12.8. The van der Waals surface area contributed by atoms with Gasteiger partial charge in [0.2, 0.25) is 5.91 Å². The zero-order chi connectivity index (χ0) is 12.2. The van der Waals surface area contributed by atoms with E-state index in [1.54, 1.807) is 12.1 Å². The van der Waals surface area contributed by atoms with E-state index >= 15 is 0 Å². The molecule has 0 aliphatic rings. The van der Waals surface area contributed by atoms with Gasteiger partial charge in [-0.25, -0.2) is 4.39 Å². The Balaban J connectivity index is 2.76. The molecule has 1 rings (SSSR count). The lowest BCUT2D eigenvalue weighted by Gasteiger charge is -2.26. The van der Waals surface area contributed by atoms with Crippen LogP contribution in [0.3, 0.4) is 0 Å². The maximum atomic E-state index is 12.8. The van der Waals surface area contributed by atoms with Crippen LogP contribution < -0.4 is 11.1 Å². The Morgan fingerprint density at radius 3 is 2.44 bits per heavy atom. The van der Waals surface area contributed by atoms with Crippen molar-refractivity contribution >= 4 is 5.91 Å². The molecule has 0 aromatic heterocycles. The van der Waals surface area contributed by atoms with Gasteiger partial charge in [-0.05, 0) is 31.5 Å². The highest BCUT2D eigenvalue weighted by molar-refractivity contribution is 5.77. The van der Waals surface area contributed by atoms with Crippen molar-refractivity contribution in [1.29, 1.82) is 0 Å². The van der Waals surface area contributed by atoms with Crippen molar-refractivity contribution in [2.45, 2.75) is 25.8 Å². The van der Waals surface area contributed by atoms with Crippen LogP contribution in [0, 0.1) is 5.82 Å². The average molecular weight is 224 g/mol. The molecule has 16 heavy (non-hydrogen) atoms. The Hall–Kier alpha value is -1.42. The van der Waals surface area contributed by atoms with Gasteiger partial charge in [-0.15, -0.1) is 0 Å². The van der Waals surface area contributed by atoms with E-state index in [4.69, 9.17) is 5.73 Å². The number of hydrogen-bond acceptors (Lipinski definition) is 2. The third-order valence-electron chi connectivity index (χ3n) is 2.39. The molecule has 0 saturated heterocycles. The highest BCUT2D eigenvalue weighted by Gasteiger charge is 2.22. The summed E-state index contributed by atoms with van der Waals surface area (Å²) in [5, 5.41) is 2.85. The number of carbonyl (C=O) groups is 1. The molecule has 0 aliphatic carbocycles. The summed E-state index contributed by atoms with van der Waals surface area (Å²) in [7, 11) is 0. The fourth-order valence-electron chi connectivity index (χ4n) is 1.48. The topological polar surface area (TPSA) is 55.1 Å². The molecule has 3 N–H and O–H groups in total. The van der Waals surface area contributed by atoms with Gasteiger partial charge in [0.05, 0.1) is 5.54 Å². The van der Waals surface area contributed by atoms with Crippen molar-refractivity contribution in [2.24, 2.45) is 5.73 Å². The average Bonchev–Trinajstić information content (AvgIpc) is 2.17. The number of nitrogens with two attached hydrogens (primary N) is 1. The molecule has 1 amide bonds. The second-order valence-electron chi connectivity index (χ2n) is 4.22. The number of amides is 1. The summed E-state index contributed by atoms with van der Waals surface area (Å²) < 4.78 is 12.8. The van der Waals surface area contributed by atoms with Gasteiger partial charge in [0.1, 0.15) is 5.82 Å². The van der Waals surface area contributed by atoms with Gasteiger partial charge >= 0.3 is 0 Å². The first kappa shape index (κ1) is 12.6. The first-order valence-electron chi connectivity index (χ1n) is 5.23. The Morgan fingerprint density at radius 1 is 1.38 bits per heavy atom. The molecule has 0 spiro atoms. The lowest BCUT2D eigenvalue weighted by molar-refractivity contribution is -0.122. The van der Waals surface area contributed by atoms with E-state index in [9.17, 15) is 9.18 Å². The number of benzene rings is 1. The van der Waals surface area contributed by atoms with Crippen LogP contribution in [0.25, 0.3) is 0 Å². The van der Waals surface area contributed by atoms with Gasteiger partial charge in [0.25, 0.3) is 0 Å². The minimum atomic E-state index is -0.514. The van der Waals surface area contributed by atoms with Crippen LogP contribution >= 0.6 is 0 Å². The van der Waals surface area contributed by atoms with Gasteiger partial charge in [-0.1, -0.05) is 12.1 Å². The molecule has 0 bridgehead atoms. The molecule has 1 aromatic carbocycles. The van der Waals surface area contributed by atoms with E-state index in [0.29, 0.717) is 13.0 Å². The summed E-state index contributed by atoms with van der Waals surface area (Å²) in [6, 6.07) is 6.09. The first-order chi connectivity index (χ1) is 7.45. The van der Waals surface area contributed by atoms with E-state index in [1.807, 2.05) is 13.8 Å². The fraction of sp³-hybridized carbons (Fsp3) is 0.417. The molecule has 88 valence electrons. The molecule has 0 radical (unpaired) electrons. The normalized spacial score (nSPS) is 11.2. The number of hydrogen-bond donors (Lipinski definition) is 2. The first-order valence-corrected chi connectivity index (χ1v) is 5.23. The SMILES string of the molecule is CC(C)(NC(=O)CCN)c1ccc(F)cc1. The monoisotopic (exact) mass is 224 g/mol. The van der Waals surface area contributed by atoms with Crippen LogP contribution in [0.4, 0.5) is 4.39 Å². The van der Waals surface area contributed by atoms with Crippen molar-refractivity contribution in [1.82, 2.24) is 5.32 Å². The van der Waals surface area contributed by atoms with Crippen LogP contribution in [0.1, 0.15) is 25.8 Å². The highest BCUT2D eigenvalue weighted by atomic mass is 19.1. The van der Waals surface area contributed by atoms with E-state index < -0.39 is 5.54 Å². The molecule has 4 heteroatoms. The van der Waals surface area contributed by atoms with Crippen LogP contribution in [0.2, 0.25) is 0 Å². The van der Waals surface area contributed by atoms with Gasteiger partial charge < -0.3 is 11.1 Å². The molecular formula is C12H17FN2O. The quantitative estimate of drug-likeness (QED) is 0.814. The van der Waals surface area contributed by atoms with E-state index in [-0.39, 0.29) is 11.7 Å². The summed E-state index contributed by atoms with van der Waals surface area (Å²) in [5.74, 6) is -0.385. The molecule has 0 saturated carbocycles. The van der Waals surface area contributed by atoms with Crippen LogP contribution in [-0.4, -0.2) is 12.5 Å². The molecule has 0 heterocycles. The molecule has 0 aliphatic heterocycles. The number of carbonyl (C=O) groups excluding carboxylic acids is 1. The molecule has 3 nitrogen and oxygen atoms in total. The zero-order valence-electron chi connectivity index (χ0n) is 9.59. The minimum Gasteiger partial charge on any atom is -0.347 e. The molecule has 0 atom stereocenters. The Bertz CT molecular complexity index is 360. The maximum Gasteiger partial charge on any atom is 0.221 e. The number of nitrogens with one attached hydrogen (secondary N) is 1. The van der Waals surface area contributed by atoms with Gasteiger partial charge in [-0.2, -0.15) is 0 Å². The molecule has 0 fully saturated rings. The third-order valence-corrected chi connectivity index (χ3v) is 2.39. The summed E-state index contributed by atoms with van der Waals surface area (Å²) >= 11 is 0. The lowest BCUT2D eigenvalue weighted by atomic mass is 9.94. The van der Waals surface area contributed by atoms with Crippen molar-refractivity contribution in [3.63, 3.8) is 0 Å². The summed E-state index contributed by atoms with van der Waals surface area (Å²) in [6.45, 7) is 4.06. The largest absolute Gasteiger partial charge is 0.347 e. The van der Waals surface area contributed by atoms with Crippen molar-refractivity contribution in [3.05, 3.63) is 35.6 Å². The Morgan fingerprint density at radius 2 is 1.94 bits per heavy atom. The zero-order valence-corrected chi connectivity index (χ0v) is 9.59. The smallest absolute Gasteiger partial charge is 0.221 e. The van der Waals surface area contributed by atoms with Gasteiger partial charge in [-0.3, -0.25) is 4.79 Å². The van der Waals surface area contributed by atoms with Crippen molar-refractivity contribution < 1.29 is 9.18 Å². The number of rotatable bonds is 4. The van der Waals surface area contributed by atoms with E-state index in [0.717, 1.165) is 5.56 Å². The summed E-state index contributed by atoms with van der Waals surface area (Å²) in [6.07, 6.45) is 0.296. The van der Waals surface area contributed by atoms with E-state index in [1.165, 1.54) is 12.1 Å². The Labute approximate surface area is 94.8 Å². The standard InChI is InChI=1S/C12H17FN2O/c1-12(2,15-11(16)7-8-14)9-3-5-10(13)6-4-9/h3-6H,7-8,14H2,1-2H3,(H,15,16). The van der Waals surface area contributed by atoms with Gasteiger partial charge in [0, 0.05) is 13.0 Å². The predicted octanol–water partition coefficient (Wildman–Crippen LogP) is 1.53. The third kappa shape index (κ3) is 3.31. The second kappa shape index (κ2) is 5.07. The Kier molecular flexibility index (Phi) is 4.01. The second-order valence-corrected chi connectivity index (χ2v) is 4.22. The molecular weight excluding hydrogens is 207 g/mol. The summed E-state index contributed by atoms with van der Waals surface area (Å²) in [4.78, 5) is 11.4. The lowest BCUT2D eigenvalue weighted by Crippen LogP contribution is -2.41. The fourth-order valence-corrected chi connectivity index (χ4v) is 1.48. The van der Waals surface area contributed by atoms with Crippen molar-refractivity contribution in [2.75, 3.05) is 6.54 Å². The van der Waals surface area contributed by atoms with Crippen LogP contribution in [0.5, 0.6) is 0 Å². The number of halogens is 1. The predicted molar refractivity (Wildman–Crippen MR) is 61.2 cm³/mol. The highest BCUT2D eigenvalue weighted by Crippen LogP contribution is 2.20. The van der Waals surface area contributed by atoms with E-state index in [2.05, 4.69) is 5.32 Å². The molecule has 1 aromatic rings. The molecule has 0 unspecified atom stereocenters. The van der Waals surface area contributed by atoms with Crippen molar-refractivity contribution in [3.8, 4) is 0 Å². The summed E-state index contributed by atoms with van der Waals surface area (Å²) in [5.41, 5.74) is 5.64. The van der Waals surface area contributed by atoms with Crippen LogP contribution in [0.15, 0.2) is 24.3 Å². The van der Waals surface area contributed by atoms with Crippen LogP contribution in [-0.2, 0) is 10.3 Å². The van der Waals surface area contributed by atoms with Gasteiger partial charge in [0.15, 0.2) is 0 Å². The minimum absolute atomic E-state index is 0.100.